The zero-order valence-electron chi connectivity index (χ0n) is 11.0. The first-order valence-electron chi connectivity index (χ1n) is 5.50. The van der Waals surface area contributed by atoms with E-state index in [2.05, 4.69) is 4.52 Å². The average Bonchev–Trinajstić information content (AvgIpc) is 2.25. The Morgan fingerprint density at radius 3 is 2.37 bits per heavy atom. The minimum atomic E-state index is -4.93. The number of ether oxygens (including phenoxy) is 2. The normalized spacial score (nSPS) is 15.5. The molecule has 0 fully saturated rings. The molecule has 8 heteroatoms. The molecule has 1 rings (SSSR count). The van der Waals surface area contributed by atoms with Gasteiger partial charge >= 0.3 is 7.82 Å². The third kappa shape index (κ3) is 4.72. The van der Waals surface area contributed by atoms with E-state index in [-0.39, 0.29) is 17.5 Å². The molecule has 0 aliphatic heterocycles. The summed E-state index contributed by atoms with van der Waals surface area (Å²) in [4.78, 5) is 19.6. The molecule has 0 aliphatic carbocycles. The summed E-state index contributed by atoms with van der Waals surface area (Å²) in [6, 6.07) is 2.98. The summed E-state index contributed by atoms with van der Waals surface area (Å²) in [6.07, 6.45) is 0.491. The topological polar surface area (TPSA) is 114 Å². The molecule has 0 radical (unpaired) electrons. The third-order valence-corrected chi connectivity index (χ3v) is 2.70. The van der Waals surface area contributed by atoms with Gasteiger partial charge in [-0.2, -0.15) is 0 Å². The predicted octanol–water partition coefficient (Wildman–Crippen LogP) is 0.433. The molecule has 0 heterocycles. The van der Waals surface area contributed by atoms with Crippen LogP contribution in [0.5, 0.6) is 17.2 Å². The van der Waals surface area contributed by atoms with Gasteiger partial charge < -0.3 is 29.5 Å². The number of benzene rings is 1. The zero-order chi connectivity index (χ0) is 14.6. The molecule has 0 saturated heterocycles. The lowest BCUT2D eigenvalue weighted by molar-refractivity contribution is -0.211. The Morgan fingerprint density at radius 2 is 1.95 bits per heavy atom. The van der Waals surface area contributed by atoms with Crippen molar-refractivity contribution in [3.8, 4) is 17.2 Å². The van der Waals surface area contributed by atoms with Crippen LogP contribution in [0.3, 0.4) is 0 Å². The van der Waals surface area contributed by atoms with E-state index < -0.39 is 7.82 Å². The van der Waals surface area contributed by atoms with E-state index in [1.54, 1.807) is 6.07 Å². The summed E-state index contributed by atoms with van der Waals surface area (Å²) >= 11 is 0. The van der Waals surface area contributed by atoms with Crippen molar-refractivity contribution in [3.05, 3.63) is 17.7 Å². The Labute approximate surface area is 111 Å². The summed E-state index contributed by atoms with van der Waals surface area (Å²) in [7, 11) is -2.18. The van der Waals surface area contributed by atoms with Gasteiger partial charge in [0.1, 0.15) is 0 Å². The van der Waals surface area contributed by atoms with Gasteiger partial charge in [-0.25, -0.2) is 0 Å². The molecule has 108 valence electrons. The predicted molar refractivity (Wildman–Crippen MR) is 67.4 cm³/mol. The molecule has 0 bridgehead atoms. The van der Waals surface area contributed by atoms with Crippen LogP contribution in [0.25, 0.3) is 0 Å². The Morgan fingerprint density at radius 1 is 1.37 bits per heavy atom. The highest BCUT2D eigenvalue weighted by Gasteiger charge is 2.17. The number of phosphoric acid groups is 1. The fourth-order valence-corrected chi connectivity index (χ4v) is 2.05. The van der Waals surface area contributed by atoms with Crippen LogP contribution in [0.2, 0.25) is 0 Å². The number of phosphoric ester groups is 1. The van der Waals surface area contributed by atoms with Crippen molar-refractivity contribution in [2.75, 3.05) is 14.2 Å². The van der Waals surface area contributed by atoms with Crippen LogP contribution >= 0.6 is 7.82 Å². The van der Waals surface area contributed by atoms with Crippen molar-refractivity contribution < 1.29 is 28.3 Å². The van der Waals surface area contributed by atoms with E-state index in [0.717, 1.165) is 0 Å². The monoisotopic (exact) mass is 290 g/mol. The molecule has 0 aromatic heterocycles. The second kappa shape index (κ2) is 6.25. The van der Waals surface area contributed by atoms with Crippen molar-refractivity contribution in [2.45, 2.75) is 19.4 Å². The lowest BCUT2D eigenvalue weighted by Crippen LogP contribution is -2.18. The Bertz CT molecular complexity index is 484. The smallest absolute Gasteiger partial charge is 0.317 e. The highest BCUT2D eigenvalue weighted by Crippen LogP contribution is 2.44. The standard InChI is InChI=1S/C11H18NO6P/c1-7(12)4-8-5-9(16-2)11(17-3)10(6-8)18-19(13,14)15/h5-7H,4,12H2,1-3H3,(H2,13,14,15)/p-1. The summed E-state index contributed by atoms with van der Waals surface area (Å²) < 4.78 is 25.5. The first-order chi connectivity index (χ1) is 8.76. The van der Waals surface area contributed by atoms with Crippen LogP contribution in [0, 0.1) is 0 Å². The van der Waals surface area contributed by atoms with Crippen LogP contribution < -0.4 is 24.6 Å². The summed E-state index contributed by atoms with van der Waals surface area (Å²) in [5.41, 5.74) is 6.39. The highest BCUT2D eigenvalue weighted by molar-refractivity contribution is 7.45. The van der Waals surface area contributed by atoms with Crippen molar-refractivity contribution in [2.24, 2.45) is 5.73 Å². The molecule has 0 saturated carbocycles. The molecule has 1 aromatic carbocycles. The van der Waals surface area contributed by atoms with Crippen LogP contribution in [0.15, 0.2) is 12.1 Å². The average molecular weight is 290 g/mol. The van der Waals surface area contributed by atoms with Gasteiger partial charge in [0.2, 0.25) is 5.75 Å². The van der Waals surface area contributed by atoms with E-state index in [9.17, 15) is 9.46 Å². The van der Waals surface area contributed by atoms with Crippen LogP contribution in [-0.4, -0.2) is 25.2 Å². The van der Waals surface area contributed by atoms with Gasteiger partial charge in [-0.05, 0) is 31.0 Å². The molecule has 2 atom stereocenters. The number of hydrogen-bond acceptors (Lipinski definition) is 6. The maximum atomic E-state index is 10.8. The largest absolute Gasteiger partial charge is 0.746 e. The molecule has 0 spiro atoms. The van der Waals surface area contributed by atoms with E-state index >= 15 is 0 Å². The lowest BCUT2D eigenvalue weighted by Gasteiger charge is -2.21. The molecule has 7 nitrogen and oxygen atoms in total. The SMILES string of the molecule is COc1cc(CC(C)N)cc(OP(=O)([O-])O)c1OC. The molecular formula is C11H17NO6P-. The second-order valence-electron chi connectivity index (χ2n) is 4.07. The third-order valence-electron chi connectivity index (χ3n) is 2.28. The quantitative estimate of drug-likeness (QED) is 0.730. The second-order valence-corrected chi connectivity index (χ2v) is 5.19. The fraction of sp³-hybridized carbons (Fsp3) is 0.455. The molecular weight excluding hydrogens is 273 g/mol. The first-order valence-corrected chi connectivity index (χ1v) is 7.00. The van der Waals surface area contributed by atoms with Crippen molar-refractivity contribution in [1.82, 2.24) is 0 Å². The van der Waals surface area contributed by atoms with Gasteiger partial charge in [0.25, 0.3) is 0 Å². The van der Waals surface area contributed by atoms with Gasteiger partial charge in [0.15, 0.2) is 11.5 Å². The van der Waals surface area contributed by atoms with Crippen LogP contribution in [0.4, 0.5) is 0 Å². The minimum absolute atomic E-state index is 0.0843. The van der Waals surface area contributed by atoms with E-state index in [1.165, 1.54) is 20.3 Å². The number of nitrogens with two attached hydrogens (primary N) is 1. The summed E-state index contributed by atoms with van der Waals surface area (Å²) in [6.45, 7) is 1.81. The maximum Gasteiger partial charge on any atom is 0.317 e. The minimum Gasteiger partial charge on any atom is -0.746 e. The Hall–Kier alpha value is -1.27. The van der Waals surface area contributed by atoms with Crippen LogP contribution in [0.1, 0.15) is 12.5 Å². The molecule has 19 heavy (non-hydrogen) atoms. The van der Waals surface area contributed by atoms with Crippen molar-refractivity contribution in [1.29, 1.82) is 0 Å². The van der Waals surface area contributed by atoms with E-state index in [4.69, 9.17) is 20.1 Å². The van der Waals surface area contributed by atoms with Gasteiger partial charge in [-0.1, -0.05) is 0 Å². The molecule has 0 amide bonds. The van der Waals surface area contributed by atoms with Crippen molar-refractivity contribution in [3.63, 3.8) is 0 Å². The maximum absolute atomic E-state index is 10.8. The Balaban J connectivity index is 3.27. The van der Waals surface area contributed by atoms with Gasteiger partial charge in [0.05, 0.1) is 14.2 Å². The zero-order valence-corrected chi connectivity index (χ0v) is 11.8. The summed E-state index contributed by atoms with van der Waals surface area (Å²) in [5.74, 6) is 0.239. The number of methoxy groups -OCH3 is 2. The lowest BCUT2D eigenvalue weighted by atomic mass is 10.1. The molecule has 0 aliphatic rings. The highest BCUT2D eigenvalue weighted by atomic mass is 31.2. The molecule has 2 unspecified atom stereocenters. The van der Waals surface area contributed by atoms with Gasteiger partial charge in [0, 0.05) is 6.04 Å². The van der Waals surface area contributed by atoms with E-state index in [1.807, 2.05) is 6.92 Å². The van der Waals surface area contributed by atoms with Gasteiger partial charge in [-0.15, -0.1) is 0 Å². The number of rotatable bonds is 6. The van der Waals surface area contributed by atoms with Crippen molar-refractivity contribution >= 4 is 7.82 Å². The Kier molecular flexibility index (Phi) is 5.20. The summed E-state index contributed by atoms with van der Waals surface area (Å²) in [5, 5.41) is 0. The molecule has 3 N–H and O–H groups in total. The van der Waals surface area contributed by atoms with E-state index in [0.29, 0.717) is 17.7 Å². The fourth-order valence-electron chi connectivity index (χ4n) is 1.67. The molecule has 1 aromatic rings. The number of hydrogen-bond donors (Lipinski definition) is 2. The first kappa shape index (κ1) is 15.8. The van der Waals surface area contributed by atoms with Gasteiger partial charge in [-0.3, -0.25) is 4.57 Å². The van der Waals surface area contributed by atoms with Crippen LogP contribution in [-0.2, 0) is 11.0 Å².